The molecule has 0 radical (unpaired) electrons. The molecule has 1 aliphatic rings. The molecular formula is C16H20N4O3. The summed E-state index contributed by atoms with van der Waals surface area (Å²) in [5.74, 6) is -0.659. The summed E-state index contributed by atoms with van der Waals surface area (Å²) in [5.41, 5.74) is 1.90. The van der Waals surface area contributed by atoms with E-state index in [1.165, 1.54) is 4.68 Å². The summed E-state index contributed by atoms with van der Waals surface area (Å²) >= 11 is 0. The molecule has 0 aliphatic heterocycles. The highest BCUT2D eigenvalue weighted by Crippen LogP contribution is 2.28. The van der Waals surface area contributed by atoms with Crippen LogP contribution in [0.3, 0.4) is 0 Å². The first kappa shape index (κ1) is 16.7. The molecule has 0 amide bonds. The summed E-state index contributed by atoms with van der Waals surface area (Å²) in [5, 5.41) is 13.0. The summed E-state index contributed by atoms with van der Waals surface area (Å²) in [4.78, 5) is 26.6. The monoisotopic (exact) mass is 316 g/mol. The van der Waals surface area contributed by atoms with Crippen molar-refractivity contribution in [1.82, 2.24) is 14.7 Å². The van der Waals surface area contributed by atoms with Crippen LogP contribution in [0.25, 0.3) is 0 Å². The molecule has 0 fully saturated rings. The summed E-state index contributed by atoms with van der Waals surface area (Å²) in [6, 6.07) is 2.03. The predicted octanol–water partition coefficient (Wildman–Crippen LogP) is 1.55. The molecule has 1 aromatic rings. The van der Waals surface area contributed by atoms with Gasteiger partial charge in [-0.2, -0.15) is 10.4 Å². The standard InChI is InChI=1S/C16H20N4O3/c1-4-23-16(22)13-12-7-6-11(10-19(2)3)15(21)14(12)20(18-13)9-5-8-17/h10H,4-7,9H2,1-3H3/b11-10-. The lowest BCUT2D eigenvalue weighted by Gasteiger charge is -2.17. The smallest absolute Gasteiger partial charge is 0.359 e. The van der Waals surface area contributed by atoms with Gasteiger partial charge >= 0.3 is 5.97 Å². The van der Waals surface area contributed by atoms with Gasteiger partial charge in [0.1, 0.15) is 5.69 Å². The molecule has 23 heavy (non-hydrogen) atoms. The third-order valence-electron chi connectivity index (χ3n) is 3.52. The van der Waals surface area contributed by atoms with Crippen molar-refractivity contribution < 1.29 is 14.3 Å². The summed E-state index contributed by atoms with van der Waals surface area (Å²) in [6.07, 6.45) is 3.12. The van der Waals surface area contributed by atoms with Crippen LogP contribution in [0.1, 0.15) is 46.3 Å². The van der Waals surface area contributed by atoms with Gasteiger partial charge in [0.2, 0.25) is 5.78 Å². The quantitative estimate of drug-likeness (QED) is 0.605. The van der Waals surface area contributed by atoms with E-state index in [1.54, 1.807) is 13.1 Å². The first-order chi connectivity index (χ1) is 11.0. The fourth-order valence-electron chi connectivity index (χ4n) is 2.63. The number of hydrogen-bond acceptors (Lipinski definition) is 6. The van der Waals surface area contributed by atoms with Gasteiger partial charge in [0.05, 0.1) is 25.6 Å². The van der Waals surface area contributed by atoms with Crippen molar-refractivity contribution >= 4 is 11.8 Å². The number of ketones is 1. The largest absolute Gasteiger partial charge is 0.461 e. The number of carbonyl (C=O) groups excluding carboxylic acids is 2. The van der Waals surface area contributed by atoms with Crippen LogP contribution in [-0.4, -0.2) is 47.1 Å². The Morgan fingerprint density at radius 3 is 2.83 bits per heavy atom. The van der Waals surface area contributed by atoms with Gasteiger partial charge < -0.3 is 9.64 Å². The molecule has 1 heterocycles. The minimum absolute atomic E-state index is 0.138. The SMILES string of the molecule is CCOC(=O)c1nn(CCC#N)c2c1CC/C(=C/N(C)C)C2=O. The molecule has 1 aromatic heterocycles. The van der Waals surface area contributed by atoms with Gasteiger partial charge in [-0.25, -0.2) is 4.79 Å². The molecule has 2 rings (SSSR count). The Kier molecular flexibility index (Phi) is 5.16. The van der Waals surface area contributed by atoms with Gasteiger partial charge in [0.25, 0.3) is 0 Å². The van der Waals surface area contributed by atoms with Crippen molar-refractivity contribution in [2.24, 2.45) is 0 Å². The molecule has 0 aromatic carbocycles. The number of Topliss-reactive ketones (excluding diaryl/α,β-unsaturated/α-hetero) is 1. The maximum Gasteiger partial charge on any atom is 0.359 e. The third-order valence-corrected chi connectivity index (χ3v) is 3.52. The van der Waals surface area contributed by atoms with Gasteiger partial charge in [-0.3, -0.25) is 9.48 Å². The zero-order valence-corrected chi connectivity index (χ0v) is 13.6. The third kappa shape index (κ3) is 3.42. The first-order valence-corrected chi connectivity index (χ1v) is 7.55. The number of nitriles is 1. The molecule has 0 saturated heterocycles. The van der Waals surface area contributed by atoms with Crippen molar-refractivity contribution in [3.05, 3.63) is 28.7 Å². The van der Waals surface area contributed by atoms with Crippen LogP contribution in [0.2, 0.25) is 0 Å². The lowest BCUT2D eigenvalue weighted by Crippen LogP contribution is -2.21. The molecule has 0 saturated carbocycles. The van der Waals surface area contributed by atoms with Crippen molar-refractivity contribution in [3.63, 3.8) is 0 Å². The Hall–Kier alpha value is -2.62. The van der Waals surface area contributed by atoms with Crippen molar-refractivity contribution in [2.75, 3.05) is 20.7 Å². The number of nitrogens with zero attached hydrogens (tertiary/aromatic N) is 4. The second-order valence-corrected chi connectivity index (χ2v) is 5.47. The molecule has 1 aliphatic carbocycles. The van der Waals surface area contributed by atoms with Crippen LogP contribution >= 0.6 is 0 Å². The molecule has 0 unspecified atom stereocenters. The highest BCUT2D eigenvalue weighted by atomic mass is 16.5. The number of aromatic nitrogens is 2. The zero-order chi connectivity index (χ0) is 17.0. The normalized spacial score (nSPS) is 15.2. The van der Waals surface area contributed by atoms with E-state index in [4.69, 9.17) is 10.00 Å². The Labute approximate surface area is 135 Å². The molecule has 0 bridgehead atoms. The highest BCUT2D eigenvalue weighted by Gasteiger charge is 2.32. The van der Waals surface area contributed by atoms with E-state index in [9.17, 15) is 9.59 Å². The molecule has 122 valence electrons. The Bertz CT molecular complexity index is 695. The fraction of sp³-hybridized carbons (Fsp3) is 0.500. The predicted molar refractivity (Wildman–Crippen MR) is 82.8 cm³/mol. The van der Waals surface area contributed by atoms with Crippen LogP contribution in [0.4, 0.5) is 0 Å². The summed E-state index contributed by atoms with van der Waals surface area (Å²) in [7, 11) is 3.71. The average molecular weight is 316 g/mol. The Morgan fingerprint density at radius 1 is 1.48 bits per heavy atom. The minimum Gasteiger partial charge on any atom is -0.461 e. The zero-order valence-electron chi connectivity index (χ0n) is 13.6. The van der Waals surface area contributed by atoms with Crippen molar-refractivity contribution in [1.29, 1.82) is 5.26 Å². The Morgan fingerprint density at radius 2 is 2.22 bits per heavy atom. The first-order valence-electron chi connectivity index (χ1n) is 7.55. The number of allylic oxidation sites excluding steroid dienone is 1. The van der Waals surface area contributed by atoms with Crippen LogP contribution in [0.15, 0.2) is 11.8 Å². The fourth-order valence-corrected chi connectivity index (χ4v) is 2.63. The summed E-state index contributed by atoms with van der Waals surface area (Å²) < 4.78 is 6.49. The van der Waals surface area contributed by atoms with Gasteiger partial charge in [0, 0.05) is 31.4 Å². The van der Waals surface area contributed by atoms with E-state index in [0.29, 0.717) is 29.7 Å². The maximum atomic E-state index is 12.7. The number of hydrogen-bond donors (Lipinski definition) is 0. The van der Waals surface area contributed by atoms with Crippen LogP contribution in [-0.2, 0) is 17.7 Å². The number of fused-ring (bicyclic) bond motifs is 1. The molecule has 7 heteroatoms. The van der Waals surface area contributed by atoms with Crippen molar-refractivity contribution in [3.8, 4) is 6.07 Å². The Balaban J connectivity index is 2.49. The van der Waals surface area contributed by atoms with E-state index >= 15 is 0 Å². The van der Waals surface area contributed by atoms with E-state index in [0.717, 1.165) is 0 Å². The average Bonchev–Trinajstić information content (AvgIpc) is 2.87. The molecule has 0 atom stereocenters. The number of carbonyl (C=O) groups is 2. The molecule has 7 nitrogen and oxygen atoms in total. The van der Waals surface area contributed by atoms with Gasteiger partial charge in [-0.15, -0.1) is 0 Å². The van der Waals surface area contributed by atoms with Crippen LogP contribution in [0.5, 0.6) is 0 Å². The second-order valence-electron chi connectivity index (χ2n) is 5.47. The van der Waals surface area contributed by atoms with E-state index in [-0.39, 0.29) is 31.0 Å². The van der Waals surface area contributed by atoms with Crippen molar-refractivity contribution in [2.45, 2.75) is 32.7 Å². The van der Waals surface area contributed by atoms with Gasteiger partial charge in [-0.1, -0.05) is 0 Å². The number of aryl methyl sites for hydroxylation is 1. The lowest BCUT2D eigenvalue weighted by molar-refractivity contribution is 0.0517. The van der Waals surface area contributed by atoms with E-state index in [1.807, 2.05) is 25.1 Å². The lowest BCUT2D eigenvalue weighted by atomic mass is 9.90. The second kappa shape index (κ2) is 7.09. The minimum atomic E-state index is -0.521. The topological polar surface area (TPSA) is 88.2 Å². The van der Waals surface area contributed by atoms with Crippen LogP contribution in [0, 0.1) is 11.3 Å². The van der Waals surface area contributed by atoms with Gasteiger partial charge in [-0.05, 0) is 19.8 Å². The summed E-state index contributed by atoms with van der Waals surface area (Å²) in [6.45, 7) is 2.25. The molecule has 0 spiro atoms. The van der Waals surface area contributed by atoms with Gasteiger partial charge in [0.15, 0.2) is 5.69 Å². The highest BCUT2D eigenvalue weighted by molar-refractivity contribution is 6.11. The number of ether oxygens (including phenoxy) is 1. The van der Waals surface area contributed by atoms with E-state index < -0.39 is 5.97 Å². The molecule has 0 N–H and O–H groups in total. The maximum absolute atomic E-state index is 12.7. The number of rotatable bonds is 5. The van der Waals surface area contributed by atoms with Crippen LogP contribution < -0.4 is 0 Å². The van der Waals surface area contributed by atoms with E-state index in [2.05, 4.69) is 5.10 Å². The number of esters is 1. The molecular weight excluding hydrogens is 296 g/mol.